The van der Waals surface area contributed by atoms with Gasteiger partial charge in [0.05, 0.1) is 24.4 Å². The standard InChI is InChI=1S/C21H18Cl2N2O5/c1-4-30-18-15(23)9-12(10-17(18)29-3)8-13-19(26)24-21(28)25(20(13)27)16-7-5-6-14(22)11(16)2/h5-10H,4H2,1-3H3,(H,24,26,28)/b13-8+. The Hall–Kier alpha value is -3.03. The normalized spacial score (nSPS) is 15.4. The fourth-order valence-corrected chi connectivity index (χ4v) is 3.43. The van der Waals surface area contributed by atoms with Crippen molar-refractivity contribution in [2.45, 2.75) is 13.8 Å². The molecule has 1 aliphatic heterocycles. The number of benzene rings is 2. The number of carbonyl (C=O) groups is 3. The average molecular weight is 449 g/mol. The second-order valence-electron chi connectivity index (χ2n) is 6.31. The van der Waals surface area contributed by atoms with Gasteiger partial charge in [-0.2, -0.15) is 0 Å². The number of carbonyl (C=O) groups excluding carboxylic acids is 3. The molecule has 0 aromatic heterocycles. The highest BCUT2D eigenvalue weighted by Gasteiger charge is 2.37. The van der Waals surface area contributed by atoms with E-state index >= 15 is 0 Å². The molecule has 0 saturated carbocycles. The van der Waals surface area contributed by atoms with Crippen LogP contribution in [0.4, 0.5) is 10.5 Å². The molecule has 0 unspecified atom stereocenters. The van der Waals surface area contributed by atoms with Gasteiger partial charge in [0.2, 0.25) is 0 Å². The molecule has 0 aliphatic carbocycles. The largest absolute Gasteiger partial charge is 0.493 e. The molecule has 1 N–H and O–H groups in total. The smallest absolute Gasteiger partial charge is 0.335 e. The van der Waals surface area contributed by atoms with E-state index in [4.69, 9.17) is 32.7 Å². The Morgan fingerprint density at radius 1 is 1.13 bits per heavy atom. The highest BCUT2D eigenvalue weighted by atomic mass is 35.5. The maximum absolute atomic E-state index is 13.1. The molecule has 1 fully saturated rings. The molecule has 0 atom stereocenters. The number of anilines is 1. The van der Waals surface area contributed by atoms with Gasteiger partial charge >= 0.3 is 6.03 Å². The van der Waals surface area contributed by atoms with E-state index in [9.17, 15) is 14.4 Å². The zero-order chi connectivity index (χ0) is 22.0. The zero-order valence-electron chi connectivity index (χ0n) is 16.4. The maximum Gasteiger partial charge on any atom is 0.335 e. The lowest BCUT2D eigenvalue weighted by Gasteiger charge is -2.27. The first-order chi connectivity index (χ1) is 14.3. The molecule has 7 nitrogen and oxygen atoms in total. The predicted molar refractivity (Wildman–Crippen MR) is 114 cm³/mol. The topological polar surface area (TPSA) is 84.9 Å². The lowest BCUT2D eigenvalue weighted by Crippen LogP contribution is -2.54. The van der Waals surface area contributed by atoms with Crippen LogP contribution in [0.5, 0.6) is 11.5 Å². The van der Waals surface area contributed by atoms with E-state index in [2.05, 4.69) is 5.32 Å². The summed E-state index contributed by atoms with van der Waals surface area (Å²) in [6.07, 6.45) is 1.33. The Morgan fingerprint density at radius 3 is 2.53 bits per heavy atom. The third-order valence-corrected chi connectivity index (χ3v) is 5.12. The van der Waals surface area contributed by atoms with Gasteiger partial charge in [0.1, 0.15) is 5.57 Å². The van der Waals surface area contributed by atoms with Gasteiger partial charge in [0.25, 0.3) is 11.8 Å². The van der Waals surface area contributed by atoms with Gasteiger partial charge in [-0.05, 0) is 55.3 Å². The Balaban J connectivity index is 2.07. The number of nitrogens with one attached hydrogen (secondary N) is 1. The van der Waals surface area contributed by atoms with Crippen molar-refractivity contribution in [1.29, 1.82) is 0 Å². The molecule has 0 spiro atoms. The van der Waals surface area contributed by atoms with E-state index in [-0.39, 0.29) is 16.3 Å². The number of methoxy groups -OCH3 is 1. The van der Waals surface area contributed by atoms with Crippen LogP contribution in [0.15, 0.2) is 35.9 Å². The van der Waals surface area contributed by atoms with E-state index in [0.717, 1.165) is 4.90 Å². The summed E-state index contributed by atoms with van der Waals surface area (Å²) in [6, 6.07) is 7.09. The van der Waals surface area contributed by atoms with Crippen molar-refractivity contribution in [2.24, 2.45) is 0 Å². The minimum atomic E-state index is -0.852. The zero-order valence-corrected chi connectivity index (χ0v) is 17.9. The molecule has 156 valence electrons. The van der Waals surface area contributed by atoms with Gasteiger partial charge in [0.15, 0.2) is 11.5 Å². The number of rotatable bonds is 5. The molecule has 9 heteroatoms. The molecule has 4 amide bonds. The molecule has 30 heavy (non-hydrogen) atoms. The molecule has 1 heterocycles. The summed E-state index contributed by atoms with van der Waals surface area (Å²) < 4.78 is 10.8. The number of barbiturate groups is 1. The van der Waals surface area contributed by atoms with Crippen LogP contribution in [-0.2, 0) is 9.59 Å². The van der Waals surface area contributed by atoms with Crippen molar-refractivity contribution in [2.75, 3.05) is 18.6 Å². The predicted octanol–water partition coefficient (Wildman–Crippen LogP) is 4.38. The highest BCUT2D eigenvalue weighted by Crippen LogP contribution is 2.37. The summed E-state index contributed by atoms with van der Waals surface area (Å²) in [5.74, 6) is -0.893. The number of ether oxygens (including phenoxy) is 2. The van der Waals surface area contributed by atoms with Gasteiger partial charge in [-0.25, -0.2) is 9.69 Å². The third kappa shape index (κ3) is 3.99. The van der Waals surface area contributed by atoms with Crippen LogP contribution in [-0.4, -0.2) is 31.6 Å². The Labute approximate surface area is 183 Å². The van der Waals surface area contributed by atoms with Crippen molar-refractivity contribution >= 4 is 52.8 Å². The van der Waals surface area contributed by atoms with Crippen LogP contribution in [0, 0.1) is 6.92 Å². The summed E-state index contributed by atoms with van der Waals surface area (Å²) in [7, 11) is 1.45. The van der Waals surface area contributed by atoms with Gasteiger partial charge in [-0.3, -0.25) is 14.9 Å². The number of amides is 4. The van der Waals surface area contributed by atoms with Gasteiger partial charge in [-0.1, -0.05) is 29.3 Å². The summed E-state index contributed by atoms with van der Waals surface area (Å²) in [5, 5.41) is 2.82. The molecule has 1 saturated heterocycles. The summed E-state index contributed by atoms with van der Waals surface area (Å²) in [5.41, 5.74) is 1.00. The van der Waals surface area contributed by atoms with Crippen molar-refractivity contribution in [3.63, 3.8) is 0 Å². The Bertz CT molecular complexity index is 1080. The maximum atomic E-state index is 13.1. The van der Waals surface area contributed by atoms with E-state index in [0.29, 0.717) is 34.3 Å². The van der Waals surface area contributed by atoms with Gasteiger partial charge in [-0.15, -0.1) is 0 Å². The minimum absolute atomic E-state index is 0.240. The summed E-state index contributed by atoms with van der Waals surface area (Å²) >= 11 is 12.4. The molecular formula is C21H18Cl2N2O5. The Morgan fingerprint density at radius 2 is 1.87 bits per heavy atom. The molecular weight excluding hydrogens is 431 g/mol. The monoisotopic (exact) mass is 448 g/mol. The molecule has 2 aromatic rings. The second kappa shape index (κ2) is 8.77. The van der Waals surface area contributed by atoms with Gasteiger partial charge in [0, 0.05) is 5.02 Å². The van der Waals surface area contributed by atoms with Crippen LogP contribution < -0.4 is 19.7 Å². The molecule has 0 bridgehead atoms. The van der Waals surface area contributed by atoms with E-state index in [1.54, 1.807) is 38.1 Å². The fourth-order valence-electron chi connectivity index (χ4n) is 2.99. The average Bonchev–Trinajstić information content (AvgIpc) is 2.70. The van der Waals surface area contributed by atoms with Crippen LogP contribution in [0.1, 0.15) is 18.1 Å². The van der Waals surface area contributed by atoms with Crippen LogP contribution in [0.3, 0.4) is 0 Å². The van der Waals surface area contributed by atoms with Crippen molar-refractivity contribution in [3.05, 3.63) is 57.1 Å². The van der Waals surface area contributed by atoms with E-state index in [1.807, 2.05) is 0 Å². The first-order valence-corrected chi connectivity index (χ1v) is 9.71. The number of urea groups is 1. The second-order valence-corrected chi connectivity index (χ2v) is 7.12. The minimum Gasteiger partial charge on any atom is -0.493 e. The van der Waals surface area contributed by atoms with Gasteiger partial charge < -0.3 is 9.47 Å². The SMILES string of the molecule is CCOc1c(Cl)cc(/C=C2\C(=O)NC(=O)N(c3cccc(Cl)c3C)C2=O)cc1OC. The summed E-state index contributed by atoms with van der Waals surface area (Å²) in [6.45, 7) is 3.86. The molecule has 2 aromatic carbocycles. The number of imide groups is 2. The number of halogens is 2. The fraction of sp³-hybridized carbons (Fsp3) is 0.190. The van der Waals surface area contributed by atoms with Crippen LogP contribution in [0.25, 0.3) is 6.08 Å². The van der Waals surface area contributed by atoms with Crippen LogP contribution >= 0.6 is 23.2 Å². The number of hydrogen-bond donors (Lipinski definition) is 1. The lowest BCUT2D eigenvalue weighted by atomic mass is 10.1. The third-order valence-electron chi connectivity index (χ3n) is 4.43. The quantitative estimate of drug-likeness (QED) is 0.541. The van der Waals surface area contributed by atoms with E-state index < -0.39 is 17.8 Å². The first kappa shape index (κ1) is 21.7. The summed E-state index contributed by atoms with van der Waals surface area (Å²) in [4.78, 5) is 38.7. The lowest BCUT2D eigenvalue weighted by molar-refractivity contribution is -0.122. The highest BCUT2D eigenvalue weighted by molar-refractivity contribution is 6.40. The van der Waals surface area contributed by atoms with E-state index in [1.165, 1.54) is 19.3 Å². The van der Waals surface area contributed by atoms with Crippen molar-refractivity contribution in [1.82, 2.24) is 5.32 Å². The molecule has 3 rings (SSSR count). The van der Waals surface area contributed by atoms with Crippen molar-refractivity contribution in [3.8, 4) is 11.5 Å². The van der Waals surface area contributed by atoms with Crippen LogP contribution in [0.2, 0.25) is 10.0 Å². The van der Waals surface area contributed by atoms with Crippen molar-refractivity contribution < 1.29 is 23.9 Å². The molecule has 1 aliphatic rings. The Kier molecular flexibility index (Phi) is 6.34. The number of hydrogen-bond acceptors (Lipinski definition) is 5. The number of nitrogens with zero attached hydrogens (tertiary/aromatic N) is 1. The first-order valence-electron chi connectivity index (χ1n) is 8.95. The molecule has 0 radical (unpaired) electrons.